The van der Waals surface area contributed by atoms with Gasteiger partial charge in [-0.05, 0) is 5.92 Å². The molecule has 5 nitrogen and oxygen atoms in total. The molecule has 0 aliphatic rings. The van der Waals surface area contributed by atoms with Crippen LogP contribution in [-0.2, 0) is 6.42 Å². The number of carboxylic acid groups (broad SMARTS) is 1. The lowest BCUT2D eigenvalue weighted by Crippen LogP contribution is -1.97. The van der Waals surface area contributed by atoms with Gasteiger partial charge in [0, 0.05) is 6.42 Å². The predicted octanol–water partition coefficient (Wildman–Crippen LogP) is 1.69. The van der Waals surface area contributed by atoms with Crippen LogP contribution in [0.2, 0.25) is 0 Å². The number of rotatable bonds is 3. The number of carboxylic acids is 1. The normalized spacial score (nSPS) is 11.4. The second-order valence-electron chi connectivity index (χ2n) is 3.75. The van der Waals surface area contributed by atoms with Gasteiger partial charge in [-0.3, -0.25) is 0 Å². The number of hydrogen-bond acceptors (Lipinski definition) is 4. The topological polar surface area (TPSA) is 67.5 Å². The van der Waals surface area contributed by atoms with Crippen LogP contribution >= 0.6 is 11.3 Å². The molecule has 2 aromatic heterocycles. The molecule has 0 bridgehead atoms. The van der Waals surface area contributed by atoms with E-state index in [0.29, 0.717) is 10.9 Å². The Kier molecular flexibility index (Phi) is 2.44. The summed E-state index contributed by atoms with van der Waals surface area (Å²) in [6.07, 6.45) is 2.34. The van der Waals surface area contributed by atoms with Crippen molar-refractivity contribution in [2.45, 2.75) is 20.3 Å². The summed E-state index contributed by atoms with van der Waals surface area (Å²) in [5.41, 5.74) is 0.0462. The molecule has 0 aliphatic carbocycles. The number of nitrogens with zero attached hydrogens (tertiary/aromatic N) is 3. The lowest BCUT2D eigenvalue weighted by molar-refractivity contribution is 0.0691. The number of hydrogen-bond donors (Lipinski definition) is 1. The molecule has 0 saturated carbocycles. The molecule has 1 N–H and O–H groups in total. The fraction of sp³-hybridized carbons (Fsp3) is 0.444. The van der Waals surface area contributed by atoms with Crippen molar-refractivity contribution < 1.29 is 9.90 Å². The zero-order valence-corrected chi connectivity index (χ0v) is 9.28. The average Bonchev–Trinajstić information content (AvgIpc) is 2.58. The molecule has 6 heteroatoms. The molecule has 0 fully saturated rings. The Balaban J connectivity index is 2.34. The highest BCUT2D eigenvalue weighted by Gasteiger charge is 2.12. The van der Waals surface area contributed by atoms with E-state index in [9.17, 15) is 4.79 Å². The Hall–Kier alpha value is -1.43. The Labute approximate surface area is 90.4 Å². The van der Waals surface area contributed by atoms with Crippen molar-refractivity contribution in [3.8, 4) is 0 Å². The van der Waals surface area contributed by atoms with Gasteiger partial charge in [-0.1, -0.05) is 25.2 Å². The zero-order valence-electron chi connectivity index (χ0n) is 8.47. The third-order valence-corrected chi connectivity index (χ3v) is 2.83. The summed E-state index contributed by atoms with van der Waals surface area (Å²) in [5, 5.41) is 14.0. The summed E-state index contributed by atoms with van der Waals surface area (Å²) < 4.78 is 1.53. The summed E-state index contributed by atoms with van der Waals surface area (Å²) in [6.45, 7) is 4.24. The van der Waals surface area contributed by atoms with E-state index in [1.165, 1.54) is 22.0 Å². The number of imidazole rings is 1. The second kappa shape index (κ2) is 3.62. The smallest absolute Gasteiger partial charge is 0.356 e. The Morgan fingerprint density at radius 3 is 2.93 bits per heavy atom. The van der Waals surface area contributed by atoms with Gasteiger partial charge in [0.2, 0.25) is 4.96 Å². The molecule has 2 aromatic rings. The van der Waals surface area contributed by atoms with Crippen LogP contribution in [0.5, 0.6) is 0 Å². The lowest BCUT2D eigenvalue weighted by Gasteiger charge is -1.97. The van der Waals surface area contributed by atoms with Crippen LogP contribution in [0.25, 0.3) is 4.96 Å². The Morgan fingerprint density at radius 2 is 2.40 bits per heavy atom. The molecule has 0 amide bonds. The minimum absolute atomic E-state index is 0.0462. The molecule has 0 saturated heterocycles. The van der Waals surface area contributed by atoms with E-state index in [2.05, 4.69) is 23.9 Å². The summed E-state index contributed by atoms with van der Waals surface area (Å²) >= 11 is 1.44. The van der Waals surface area contributed by atoms with E-state index in [1.807, 2.05) is 0 Å². The van der Waals surface area contributed by atoms with Crippen molar-refractivity contribution in [3.05, 3.63) is 16.9 Å². The monoisotopic (exact) mass is 225 g/mol. The maximum absolute atomic E-state index is 10.6. The number of aromatic carboxylic acids is 1. The zero-order chi connectivity index (χ0) is 11.0. The van der Waals surface area contributed by atoms with Crippen LogP contribution in [0.1, 0.15) is 29.3 Å². The van der Waals surface area contributed by atoms with Crippen LogP contribution in [0.15, 0.2) is 6.20 Å². The lowest BCUT2D eigenvalue weighted by atomic mass is 10.1. The van der Waals surface area contributed by atoms with Crippen molar-refractivity contribution >= 4 is 22.3 Å². The first-order valence-electron chi connectivity index (χ1n) is 4.64. The summed E-state index contributed by atoms with van der Waals surface area (Å²) in [5.74, 6) is -0.474. The van der Waals surface area contributed by atoms with Gasteiger partial charge in [0.15, 0.2) is 5.69 Å². The van der Waals surface area contributed by atoms with Gasteiger partial charge >= 0.3 is 5.97 Å². The van der Waals surface area contributed by atoms with Crippen molar-refractivity contribution in [3.63, 3.8) is 0 Å². The maximum atomic E-state index is 10.6. The van der Waals surface area contributed by atoms with Crippen LogP contribution in [0, 0.1) is 5.92 Å². The number of fused-ring (bicyclic) bond motifs is 1. The quantitative estimate of drug-likeness (QED) is 0.863. The van der Waals surface area contributed by atoms with Gasteiger partial charge in [0.25, 0.3) is 0 Å². The van der Waals surface area contributed by atoms with Gasteiger partial charge in [0.1, 0.15) is 5.01 Å². The second-order valence-corrected chi connectivity index (χ2v) is 4.79. The fourth-order valence-electron chi connectivity index (χ4n) is 1.28. The van der Waals surface area contributed by atoms with E-state index >= 15 is 0 Å². The Bertz CT molecular complexity index is 469. The van der Waals surface area contributed by atoms with Crippen molar-refractivity contribution in [1.82, 2.24) is 14.6 Å². The minimum Gasteiger partial charge on any atom is -0.476 e. The highest BCUT2D eigenvalue weighted by atomic mass is 32.1. The van der Waals surface area contributed by atoms with Crippen molar-refractivity contribution in [2.75, 3.05) is 0 Å². The molecular weight excluding hydrogens is 214 g/mol. The van der Waals surface area contributed by atoms with E-state index in [0.717, 1.165) is 11.4 Å². The molecule has 0 spiro atoms. The van der Waals surface area contributed by atoms with Crippen molar-refractivity contribution in [1.29, 1.82) is 0 Å². The van der Waals surface area contributed by atoms with Gasteiger partial charge in [-0.15, -0.1) is 0 Å². The van der Waals surface area contributed by atoms with Crippen LogP contribution in [0.4, 0.5) is 0 Å². The summed E-state index contributed by atoms with van der Waals surface area (Å²) in [4.78, 5) is 15.2. The molecule has 2 rings (SSSR count). The minimum atomic E-state index is -1.02. The number of aromatic nitrogens is 3. The summed E-state index contributed by atoms with van der Waals surface area (Å²) in [6, 6.07) is 0. The van der Waals surface area contributed by atoms with E-state index in [1.54, 1.807) is 0 Å². The van der Waals surface area contributed by atoms with Crippen LogP contribution in [-0.4, -0.2) is 25.7 Å². The highest BCUT2D eigenvalue weighted by molar-refractivity contribution is 7.16. The average molecular weight is 225 g/mol. The SMILES string of the molecule is CC(C)Cc1nn2cc(C(=O)O)nc2s1. The fourth-order valence-corrected chi connectivity index (χ4v) is 2.36. The van der Waals surface area contributed by atoms with Crippen molar-refractivity contribution in [2.24, 2.45) is 5.92 Å². The van der Waals surface area contributed by atoms with Gasteiger partial charge < -0.3 is 5.11 Å². The number of carbonyl (C=O) groups is 1. The molecular formula is C9H11N3O2S. The molecule has 0 atom stereocenters. The molecule has 15 heavy (non-hydrogen) atoms. The molecule has 2 heterocycles. The molecule has 0 aliphatic heterocycles. The third-order valence-electron chi connectivity index (χ3n) is 1.89. The van der Waals surface area contributed by atoms with Crippen LogP contribution < -0.4 is 0 Å². The van der Waals surface area contributed by atoms with Crippen LogP contribution in [0.3, 0.4) is 0 Å². The highest BCUT2D eigenvalue weighted by Crippen LogP contribution is 2.17. The first kappa shape index (κ1) is 10.1. The first-order chi connectivity index (χ1) is 7.06. The van der Waals surface area contributed by atoms with Gasteiger partial charge in [0.05, 0.1) is 6.20 Å². The largest absolute Gasteiger partial charge is 0.476 e. The van der Waals surface area contributed by atoms with Gasteiger partial charge in [-0.25, -0.2) is 14.3 Å². The van der Waals surface area contributed by atoms with E-state index in [4.69, 9.17) is 5.11 Å². The molecule has 0 radical (unpaired) electrons. The predicted molar refractivity (Wildman–Crippen MR) is 56.4 cm³/mol. The van der Waals surface area contributed by atoms with Gasteiger partial charge in [-0.2, -0.15) is 5.10 Å². The third kappa shape index (κ3) is 1.99. The van der Waals surface area contributed by atoms with E-state index in [-0.39, 0.29) is 5.69 Å². The standard InChI is InChI=1S/C9H11N3O2S/c1-5(2)3-7-11-12-4-6(8(13)14)10-9(12)15-7/h4-5H,3H2,1-2H3,(H,13,14). The first-order valence-corrected chi connectivity index (χ1v) is 5.46. The molecule has 0 unspecified atom stereocenters. The maximum Gasteiger partial charge on any atom is 0.356 e. The molecule has 80 valence electrons. The Morgan fingerprint density at radius 1 is 1.67 bits per heavy atom. The van der Waals surface area contributed by atoms with E-state index < -0.39 is 5.97 Å². The molecule has 0 aromatic carbocycles. The summed E-state index contributed by atoms with van der Waals surface area (Å²) in [7, 11) is 0.